The number of nitrogens with zero attached hydrogens (tertiary/aromatic N) is 2. The van der Waals surface area contributed by atoms with Gasteiger partial charge in [-0.3, -0.25) is 9.78 Å². The van der Waals surface area contributed by atoms with Crippen LogP contribution in [0, 0.1) is 11.3 Å². The van der Waals surface area contributed by atoms with E-state index < -0.39 is 0 Å². The fourth-order valence-corrected chi connectivity index (χ4v) is 2.85. The Morgan fingerprint density at radius 3 is 2.74 bits per heavy atom. The third kappa shape index (κ3) is 3.62. The van der Waals surface area contributed by atoms with Gasteiger partial charge >= 0.3 is 0 Å². The zero-order chi connectivity index (χ0) is 16.1. The number of amides is 1. The van der Waals surface area contributed by atoms with E-state index in [4.69, 9.17) is 5.26 Å². The van der Waals surface area contributed by atoms with E-state index in [-0.39, 0.29) is 5.91 Å². The van der Waals surface area contributed by atoms with Crippen LogP contribution < -0.4 is 5.32 Å². The zero-order valence-electron chi connectivity index (χ0n) is 12.2. The molecule has 0 aliphatic heterocycles. The van der Waals surface area contributed by atoms with Crippen molar-refractivity contribution in [3.8, 4) is 16.5 Å². The summed E-state index contributed by atoms with van der Waals surface area (Å²) in [5.41, 5.74) is 3.06. The molecule has 1 N–H and O–H groups in total. The Balaban J connectivity index is 1.67. The molecule has 0 saturated carbocycles. The summed E-state index contributed by atoms with van der Waals surface area (Å²) in [4.78, 5) is 17.5. The number of nitrogens with one attached hydrogen (secondary N) is 1. The van der Waals surface area contributed by atoms with E-state index in [0.29, 0.717) is 17.7 Å². The summed E-state index contributed by atoms with van der Waals surface area (Å²) in [6, 6.07) is 14.7. The highest BCUT2D eigenvalue weighted by molar-refractivity contribution is 7.13. The van der Waals surface area contributed by atoms with E-state index in [2.05, 4.69) is 10.3 Å². The van der Waals surface area contributed by atoms with Crippen LogP contribution in [0.2, 0.25) is 0 Å². The Morgan fingerprint density at radius 1 is 1.22 bits per heavy atom. The summed E-state index contributed by atoms with van der Waals surface area (Å²) >= 11 is 1.66. The summed E-state index contributed by atoms with van der Waals surface area (Å²) < 4.78 is 0. The molecule has 3 aromatic rings. The maximum absolute atomic E-state index is 12.1. The Labute approximate surface area is 138 Å². The summed E-state index contributed by atoms with van der Waals surface area (Å²) in [7, 11) is 0. The summed E-state index contributed by atoms with van der Waals surface area (Å²) in [6.45, 7) is 0.408. The summed E-state index contributed by atoms with van der Waals surface area (Å²) in [6.07, 6.45) is 3.56. The van der Waals surface area contributed by atoms with Crippen LogP contribution in [0.4, 0.5) is 0 Å². The first-order valence-electron chi connectivity index (χ1n) is 7.02. The van der Waals surface area contributed by atoms with E-state index in [9.17, 15) is 4.79 Å². The van der Waals surface area contributed by atoms with Crippen molar-refractivity contribution in [2.45, 2.75) is 6.54 Å². The Kier molecular flexibility index (Phi) is 4.46. The van der Waals surface area contributed by atoms with Crippen LogP contribution in [0.5, 0.6) is 0 Å². The lowest BCUT2D eigenvalue weighted by Crippen LogP contribution is -2.22. The molecule has 0 aliphatic carbocycles. The van der Waals surface area contributed by atoms with Crippen molar-refractivity contribution in [1.82, 2.24) is 10.3 Å². The predicted octanol–water partition coefficient (Wildman–Crippen LogP) is 3.61. The second-order valence-electron chi connectivity index (χ2n) is 4.93. The molecule has 3 rings (SSSR count). The standard InChI is InChI=1S/C18H13N3OS/c19-9-13-3-5-15(6-4-13)18(22)21-11-14-8-16(12-20-10-14)17-2-1-7-23-17/h1-8,10,12H,11H2,(H,21,22). The van der Waals surface area contributed by atoms with Gasteiger partial charge in [0.1, 0.15) is 0 Å². The number of benzene rings is 1. The molecule has 0 aliphatic rings. The highest BCUT2D eigenvalue weighted by atomic mass is 32.1. The van der Waals surface area contributed by atoms with Gasteiger partial charge in [-0.1, -0.05) is 6.07 Å². The molecular formula is C18H13N3OS. The molecule has 0 unspecified atom stereocenters. The molecule has 112 valence electrons. The van der Waals surface area contributed by atoms with Gasteiger partial charge in [-0.2, -0.15) is 5.26 Å². The molecule has 4 nitrogen and oxygen atoms in total. The first-order chi connectivity index (χ1) is 11.3. The fourth-order valence-electron chi connectivity index (χ4n) is 2.14. The van der Waals surface area contributed by atoms with Crippen LogP contribution in [0.15, 0.2) is 60.2 Å². The van der Waals surface area contributed by atoms with Crippen LogP contribution in [-0.2, 0) is 6.54 Å². The minimum atomic E-state index is -0.170. The average molecular weight is 319 g/mol. The van der Waals surface area contributed by atoms with Gasteiger partial charge in [0.2, 0.25) is 0 Å². The lowest BCUT2D eigenvalue weighted by Gasteiger charge is -2.06. The molecule has 0 bridgehead atoms. The van der Waals surface area contributed by atoms with Crippen molar-refractivity contribution in [3.63, 3.8) is 0 Å². The van der Waals surface area contributed by atoms with Gasteiger partial charge in [0.25, 0.3) is 5.91 Å². The Bertz CT molecular complexity index is 849. The quantitative estimate of drug-likeness (QED) is 0.799. The number of carbonyl (C=O) groups is 1. The van der Waals surface area contributed by atoms with Crippen LogP contribution >= 0.6 is 11.3 Å². The SMILES string of the molecule is N#Cc1ccc(C(=O)NCc2cncc(-c3cccs3)c2)cc1. The zero-order valence-corrected chi connectivity index (χ0v) is 13.0. The maximum Gasteiger partial charge on any atom is 0.251 e. The van der Waals surface area contributed by atoms with Gasteiger partial charge in [0.15, 0.2) is 0 Å². The molecule has 0 radical (unpaired) electrons. The Hall–Kier alpha value is -2.97. The lowest BCUT2D eigenvalue weighted by atomic mass is 10.1. The van der Waals surface area contributed by atoms with Gasteiger partial charge < -0.3 is 5.32 Å². The molecule has 0 fully saturated rings. The first-order valence-corrected chi connectivity index (χ1v) is 7.90. The van der Waals surface area contributed by atoms with Gasteiger partial charge in [-0.15, -0.1) is 11.3 Å². The summed E-state index contributed by atoms with van der Waals surface area (Å²) in [5.74, 6) is -0.170. The van der Waals surface area contributed by atoms with E-state index >= 15 is 0 Å². The van der Waals surface area contributed by atoms with Crippen molar-refractivity contribution in [2.75, 3.05) is 0 Å². The van der Waals surface area contributed by atoms with Crippen molar-refractivity contribution in [1.29, 1.82) is 5.26 Å². The second-order valence-corrected chi connectivity index (χ2v) is 5.88. The molecule has 0 saturated heterocycles. The average Bonchev–Trinajstić information content (AvgIpc) is 3.15. The topological polar surface area (TPSA) is 65.8 Å². The van der Waals surface area contributed by atoms with Crippen molar-refractivity contribution in [2.24, 2.45) is 0 Å². The molecule has 0 atom stereocenters. The molecular weight excluding hydrogens is 306 g/mol. The highest BCUT2D eigenvalue weighted by Crippen LogP contribution is 2.24. The molecule has 23 heavy (non-hydrogen) atoms. The van der Waals surface area contributed by atoms with Crippen molar-refractivity contribution >= 4 is 17.2 Å². The number of pyridine rings is 1. The molecule has 0 spiro atoms. The fraction of sp³-hybridized carbons (Fsp3) is 0.0556. The maximum atomic E-state index is 12.1. The van der Waals surface area contributed by atoms with E-state index in [1.165, 1.54) is 0 Å². The molecule has 2 heterocycles. The van der Waals surface area contributed by atoms with Crippen LogP contribution in [0.3, 0.4) is 0 Å². The number of thiophene rings is 1. The number of rotatable bonds is 4. The number of aromatic nitrogens is 1. The van der Waals surface area contributed by atoms with Gasteiger partial charge in [-0.05, 0) is 47.3 Å². The van der Waals surface area contributed by atoms with Crippen molar-refractivity contribution in [3.05, 3.63) is 76.9 Å². The first kappa shape index (κ1) is 14.9. The largest absolute Gasteiger partial charge is 0.348 e. The van der Waals surface area contributed by atoms with Gasteiger partial charge in [-0.25, -0.2) is 0 Å². The van der Waals surface area contributed by atoms with E-state index in [0.717, 1.165) is 16.0 Å². The van der Waals surface area contributed by atoms with Gasteiger partial charge in [0.05, 0.1) is 11.6 Å². The number of carbonyl (C=O) groups excluding carboxylic acids is 1. The third-order valence-electron chi connectivity index (χ3n) is 3.33. The molecule has 2 aromatic heterocycles. The third-order valence-corrected chi connectivity index (χ3v) is 4.25. The summed E-state index contributed by atoms with van der Waals surface area (Å²) in [5, 5.41) is 13.7. The number of nitriles is 1. The number of hydrogen-bond donors (Lipinski definition) is 1. The Morgan fingerprint density at radius 2 is 2.04 bits per heavy atom. The predicted molar refractivity (Wildman–Crippen MR) is 89.9 cm³/mol. The van der Waals surface area contributed by atoms with Crippen LogP contribution in [0.1, 0.15) is 21.5 Å². The molecule has 1 amide bonds. The van der Waals surface area contributed by atoms with Crippen LogP contribution in [0.25, 0.3) is 10.4 Å². The van der Waals surface area contributed by atoms with Gasteiger partial charge in [0, 0.05) is 34.9 Å². The molecule has 1 aromatic carbocycles. The molecule has 5 heteroatoms. The smallest absolute Gasteiger partial charge is 0.251 e. The second kappa shape index (κ2) is 6.86. The van der Waals surface area contributed by atoms with Crippen LogP contribution in [-0.4, -0.2) is 10.9 Å². The minimum Gasteiger partial charge on any atom is -0.348 e. The lowest BCUT2D eigenvalue weighted by molar-refractivity contribution is 0.0951. The number of hydrogen-bond acceptors (Lipinski definition) is 4. The monoisotopic (exact) mass is 319 g/mol. The van der Waals surface area contributed by atoms with E-state index in [1.54, 1.807) is 41.8 Å². The van der Waals surface area contributed by atoms with Crippen molar-refractivity contribution < 1.29 is 4.79 Å². The van der Waals surface area contributed by atoms with E-state index in [1.807, 2.05) is 35.8 Å². The normalized spacial score (nSPS) is 10.0. The minimum absolute atomic E-state index is 0.170. The highest BCUT2D eigenvalue weighted by Gasteiger charge is 2.06.